The number of hydrogen-bond acceptors (Lipinski definition) is 8. The molecule has 1 aliphatic heterocycles. The first-order valence-electron chi connectivity index (χ1n) is 10.5. The van der Waals surface area contributed by atoms with E-state index in [1.54, 1.807) is 11.3 Å². The number of hydrogen-bond donors (Lipinski definition) is 3. The lowest BCUT2D eigenvalue weighted by atomic mass is 10.1. The maximum atomic E-state index is 5.39. The van der Waals surface area contributed by atoms with E-state index in [0.29, 0.717) is 11.6 Å². The lowest BCUT2D eigenvalue weighted by Gasteiger charge is -2.26. The molecule has 0 radical (unpaired) electrons. The number of H-pyrrole nitrogens is 1. The third-order valence-electron chi connectivity index (χ3n) is 5.35. The van der Waals surface area contributed by atoms with Crippen LogP contribution in [0, 0.1) is 0 Å². The van der Waals surface area contributed by atoms with Crippen LogP contribution in [0.4, 0.5) is 11.6 Å². The first-order chi connectivity index (χ1) is 15.3. The molecule has 5 rings (SSSR count). The highest BCUT2D eigenvalue weighted by atomic mass is 32.1. The fourth-order valence-electron chi connectivity index (χ4n) is 3.64. The Kier molecular flexibility index (Phi) is 6.06. The molecule has 9 heteroatoms. The van der Waals surface area contributed by atoms with Crippen molar-refractivity contribution >= 4 is 34.0 Å². The molecule has 8 nitrogen and oxygen atoms in total. The van der Waals surface area contributed by atoms with Gasteiger partial charge in [0.2, 0.25) is 5.95 Å². The van der Waals surface area contributed by atoms with Crippen molar-refractivity contribution in [2.45, 2.75) is 6.54 Å². The van der Waals surface area contributed by atoms with Gasteiger partial charge in [0.05, 0.1) is 24.3 Å². The molecular formula is C22H25N7OS. The van der Waals surface area contributed by atoms with E-state index in [9.17, 15) is 0 Å². The Labute approximate surface area is 184 Å². The van der Waals surface area contributed by atoms with Gasteiger partial charge in [-0.1, -0.05) is 12.1 Å². The summed E-state index contributed by atoms with van der Waals surface area (Å²) in [6, 6.07) is 10.4. The Morgan fingerprint density at radius 1 is 1.16 bits per heavy atom. The minimum Gasteiger partial charge on any atom is -0.381 e. The zero-order valence-corrected chi connectivity index (χ0v) is 18.0. The Bertz CT molecular complexity index is 1120. The van der Waals surface area contributed by atoms with Gasteiger partial charge in [-0.3, -0.25) is 10.00 Å². The third kappa shape index (κ3) is 4.84. The molecule has 0 amide bonds. The van der Waals surface area contributed by atoms with Crippen molar-refractivity contribution in [3.8, 4) is 11.3 Å². The molecule has 1 fully saturated rings. The largest absolute Gasteiger partial charge is 0.381 e. The van der Waals surface area contributed by atoms with Gasteiger partial charge in [0.1, 0.15) is 0 Å². The number of aromatic nitrogens is 4. The van der Waals surface area contributed by atoms with E-state index in [0.717, 1.165) is 68.3 Å². The van der Waals surface area contributed by atoms with Gasteiger partial charge in [0.25, 0.3) is 0 Å². The van der Waals surface area contributed by atoms with Crippen molar-refractivity contribution in [2.75, 3.05) is 50.0 Å². The van der Waals surface area contributed by atoms with Gasteiger partial charge >= 0.3 is 0 Å². The number of rotatable bonds is 8. The monoisotopic (exact) mass is 435 g/mol. The number of ether oxygens (including phenoxy) is 1. The zero-order valence-electron chi connectivity index (χ0n) is 17.2. The van der Waals surface area contributed by atoms with E-state index in [1.807, 2.05) is 12.3 Å². The summed E-state index contributed by atoms with van der Waals surface area (Å²) in [5.74, 6) is 0.602. The molecule has 4 heterocycles. The second-order valence-corrected chi connectivity index (χ2v) is 8.26. The number of benzene rings is 1. The number of anilines is 2. The topological polar surface area (TPSA) is 91.0 Å². The highest BCUT2D eigenvalue weighted by molar-refractivity contribution is 7.07. The van der Waals surface area contributed by atoms with Gasteiger partial charge in [0.15, 0.2) is 5.65 Å². The van der Waals surface area contributed by atoms with Gasteiger partial charge in [-0.05, 0) is 34.5 Å². The van der Waals surface area contributed by atoms with Crippen molar-refractivity contribution < 1.29 is 4.74 Å². The summed E-state index contributed by atoms with van der Waals surface area (Å²) < 4.78 is 5.39. The Morgan fingerprint density at radius 3 is 2.97 bits per heavy atom. The predicted octanol–water partition coefficient (Wildman–Crippen LogP) is 3.44. The van der Waals surface area contributed by atoms with Crippen molar-refractivity contribution in [3.05, 3.63) is 52.9 Å². The average molecular weight is 436 g/mol. The van der Waals surface area contributed by atoms with E-state index >= 15 is 0 Å². The predicted molar refractivity (Wildman–Crippen MR) is 125 cm³/mol. The van der Waals surface area contributed by atoms with Crippen molar-refractivity contribution in [1.82, 2.24) is 25.1 Å². The minimum absolute atomic E-state index is 0.602. The molecule has 0 saturated carbocycles. The SMILES string of the molecule is c1cc(NCc2ccsc2)cc(-c2[nH]nc3nc(NCCN4CCOCC4)ncc23)c1. The molecule has 160 valence electrons. The molecule has 0 aliphatic carbocycles. The quantitative estimate of drug-likeness (QED) is 0.391. The molecule has 31 heavy (non-hydrogen) atoms. The molecule has 4 aromatic rings. The van der Waals surface area contributed by atoms with Gasteiger partial charge < -0.3 is 15.4 Å². The molecule has 0 bridgehead atoms. The average Bonchev–Trinajstić information content (AvgIpc) is 3.48. The second-order valence-electron chi connectivity index (χ2n) is 7.48. The Balaban J connectivity index is 1.25. The van der Waals surface area contributed by atoms with Crippen molar-refractivity contribution in [1.29, 1.82) is 0 Å². The second kappa shape index (κ2) is 9.42. The molecule has 1 saturated heterocycles. The summed E-state index contributed by atoms with van der Waals surface area (Å²) in [5, 5.41) is 19.5. The highest BCUT2D eigenvalue weighted by Gasteiger charge is 2.12. The molecule has 1 aromatic carbocycles. The molecule has 0 atom stereocenters. The molecule has 3 N–H and O–H groups in total. The summed E-state index contributed by atoms with van der Waals surface area (Å²) in [6.07, 6.45) is 1.84. The van der Waals surface area contributed by atoms with Gasteiger partial charge in [-0.2, -0.15) is 21.4 Å². The highest BCUT2D eigenvalue weighted by Crippen LogP contribution is 2.27. The summed E-state index contributed by atoms with van der Waals surface area (Å²) in [7, 11) is 0. The maximum Gasteiger partial charge on any atom is 0.224 e. The van der Waals surface area contributed by atoms with Gasteiger partial charge in [0, 0.05) is 50.2 Å². The lowest BCUT2D eigenvalue weighted by Crippen LogP contribution is -2.39. The van der Waals surface area contributed by atoms with Crippen molar-refractivity contribution in [3.63, 3.8) is 0 Å². The maximum absolute atomic E-state index is 5.39. The summed E-state index contributed by atoms with van der Waals surface area (Å²) in [4.78, 5) is 11.5. The number of morpholine rings is 1. The van der Waals surface area contributed by atoms with Crippen LogP contribution in [0.3, 0.4) is 0 Å². The molecule has 3 aromatic heterocycles. The van der Waals surface area contributed by atoms with Crippen LogP contribution in [0.25, 0.3) is 22.3 Å². The van der Waals surface area contributed by atoms with Crippen molar-refractivity contribution in [2.24, 2.45) is 0 Å². The van der Waals surface area contributed by atoms with Crippen LogP contribution < -0.4 is 10.6 Å². The number of thiophene rings is 1. The van der Waals surface area contributed by atoms with Gasteiger partial charge in [-0.25, -0.2) is 4.98 Å². The Hall–Kier alpha value is -3.01. The lowest BCUT2D eigenvalue weighted by molar-refractivity contribution is 0.0398. The van der Waals surface area contributed by atoms with Crippen LogP contribution in [-0.2, 0) is 11.3 Å². The van der Waals surface area contributed by atoms with E-state index in [1.165, 1.54) is 5.56 Å². The first-order valence-corrected chi connectivity index (χ1v) is 11.4. The number of nitrogens with zero attached hydrogens (tertiary/aromatic N) is 4. The zero-order chi connectivity index (χ0) is 20.9. The third-order valence-corrected chi connectivity index (χ3v) is 6.09. The van der Waals surface area contributed by atoms with E-state index < -0.39 is 0 Å². The van der Waals surface area contributed by atoms with E-state index in [2.05, 4.69) is 70.7 Å². The first kappa shape index (κ1) is 19.9. The standard InChI is InChI=1S/C22H25N7OS/c1-2-17(12-18(3-1)24-13-16-4-11-31-15-16)20-19-14-25-22(26-21(19)28-27-20)23-5-6-29-7-9-30-10-8-29/h1-4,11-12,14-15,24H,5-10,13H2,(H2,23,25,26,27,28). The van der Waals surface area contributed by atoms with Crippen LogP contribution in [-0.4, -0.2) is 64.5 Å². The normalized spacial score (nSPS) is 14.7. The number of nitrogens with one attached hydrogen (secondary N) is 3. The fourth-order valence-corrected chi connectivity index (χ4v) is 4.31. The molecular weight excluding hydrogens is 410 g/mol. The summed E-state index contributed by atoms with van der Waals surface area (Å²) >= 11 is 1.71. The number of aromatic amines is 1. The van der Waals surface area contributed by atoms with Crippen LogP contribution in [0.2, 0.25) is 0 Å². The summed E-state index contributed by atoms with van der Waals surface area (Å²) in [5.41, 5.74) is 4.98. The summed E-state index contributed by atoms with van der Waals surface area (Å²) in [6.45, 7) is 6.12. The molecule has 0 unspecified atom stereocenters. The van der Waals surface area contributed by atoms with Crippen LogP contribution in [0.5, 0.6) is 0 Å². The van der Waals surface area contributed by atoms with E-state index in [4.69, 9.17) is 4.74 Å². The van der Waals surface area contributed by atoms with Crippen LogP contribution >= 0.6 is 11.3 Å². The fraction of sp³-hybridized carbons (Fsp3) is 0.318. The van der Waals surface area contributed by atoms with Crippen LogP contribution in [0.1, 0.15) is 5.56 Å². The molecule has 1 aliphatic rings. The Morgan fingerprint density at radius 2 is 2.10 bits per heavy atom. The molecule has 0 spiro atoms. The minimum atomic E-state index is 0.602. The smallest absolute Gasteiger partial charge is 0.224 e. The van der Waals surface area contributed by atoms with Gasteiger partial charge in [-0.15, -0.1) is 0 Å². The van der Waals surface area contributed by atoms with E-state index in [-0.39, 0.29) is 0 Å². The van der Waals surface area contributed by atoms with Crippen LogP contribution in [0.15, 0.2) is 47.3 Å². The number of fused-ring (bicyclic) bond motifs is 1.